The molecular formula is C28H48N2O4. The van der Waals surface area contributed by atoms with Gasteiger partial charge in [-0.05, 0) is 57.2 Å². The second kappa shape index (κ2) is 19.4. The summed E-state index contributed by atoms with van der Waals surface area (Å²) >= 11 is 0. The molecule has 1 aromatic rings. The van der Waals surface area contributed by atoms with Gasteiger partial charge in [-0.25, -0.2) is 9.59 Å². The average molecular weight is 477 g/mol. The highest BCUT2D eigenvalue weighted by atomic mass is 16.5. The molecule has 0 N–H and O–H groups in total. The van der Waals surface area contributed by atoms with Crippen LogP contribution in [-0.2, 0) is 9.47 Å². The van der Waals surface area contributed by atoms with E-state index >= 15 is 0 Å². The summed E-state index contributed by atoms with van der Waals surface area (Å²) in [5.41, 5.74) is 0.762. The van der Waals surface area contributed by atoms with Crippen molar-refractivity contribution in [3.63, 3.8) is 0 Å². The van der Waals surface area contributed by atoms with Crippen LogP contribution in [0.25, 0.3) is 0 Å². The number of rotatable bonds is 20. The molecule has 6 nitrogen and oxygen atoms in total. The van der Waals surface area contributed by atoms with Crippen molar-refractivity contribution >= 4 is 11.9 Å². The van der Waals surface area contributed by atoms with E-state index in [1.807, 2.05) is 0 Å². The molecule has 0 radical (unpaired) electrons. The number of esters is 2. The summed E-state index contributed by atoms with van der Waals surface area (Å²) in [5.74, 6) is -0.804. The zero-order valence-corrected chi connectivity index (χ0v) is 22.2. The number of ether oxygens (including phenoxy) is 2. The Kier molecular flexibility index (Phi) is 17.2. The summed E-state index contributed by atoms with van der Waals surface area (Å²) in [4.78, 5) is 29.6. The maximum absolute atomic E-state index is 12.5. The van der Waals surface area contributed by atoms with E-state index in [2.05, 4.69) is 37.5 Å². The van der Waals surface area contributed by atoms with Gasteiger partial charge in [-0.2, -0.15) is 0 Å². The number of hydrogen-bond acceptors (Lipinski definition) is 6. The van der Waals surface area contributed by atoms with E-state index in [0.717, 1.165) is 39.3 Å². The van der Waals surface area contributed by atoms with Gasteiger partial charge < -0.3 is 19.3 Å². The first-order valence-corrected chi connectivity index (χ1v) is 13.4. The van der Waals surface area contributed by atoms with Gasteiger partial charge in [0.2, 0.25) is 0 Å². The number of likely N-dealkylation sites (N-methyl/N-ethyl adjacent to an activating group) is 2. The van der Waals surface area contributed by atoms with Gasteiger partial charge in [-0.15, -0.1) is 0 Å². The Hall–Kier alpha value is -1.92. The summed E-state index contributed by atoms with van der Waals surface area (Å²) < 4.78 is 10.9. The van der Waals surface area contributed by atoms with E-state index in [4.69, 9.17) is 9.47 Å². The Morgan fingerprint density at radius 2 is 1.09 bits per heavy atom. The summed E-state index contributed by atoms with van der Waals surface area (Å²) in [6.07, 6.45) is 9.82. The van der Waals surface area contributed by atoms with E-state index in [1.165, 1.54) is 51.4 Å². The summed E-state index contributed by atoms with van der Waals surface area (Å²) in [6.45, 7) is 14.8. The zero-order chi connectivity index (χ0) is 25.0. The minimum Gasteiger partial charge on any atom is -0.461 e. The lowest BCUT2D eigenvalue weighted by Crippen LogP contribution is -2.29. The van der Waals surface area contributed by atoms with Crippen LogP contribution in [0.4, 0.5) is 0 Å². The second-order valence-electron chi connectivity index (χ2n) is 8.84. The lowest BCUT2D eigenvalue weighted by Gasteiger charge is -2.20. The first-order valence-electron chi connectivity index (χ1n) is 13.4. The molecule has 0 aliphatic carbocycles. The molecular weight excluding hydrogens is 428 g/mol. The van der Waals surface area contributed by atoms with E-state index in [-0.39, 0.29) is 0 Å². The molecule has 0 amide bonds. The number of carbonyl (C=O) groups is 2. The SMILES string of the molecule is CCCCCCN(CC)CCOC(=O)c1cccc(C(=O)OCCN(CC)CCCCCC)c1. The van der Waals surface area contributed by atoms with Crippen LogP contribution in [0.15, 0.2) is 24.3 Å². The van der Waals surface area contributed by atoms with Gasteiger partial charge in [0, 0.05) is 13.1 Å². The molecule has 6 heteroatoms. The van der Waals surface area contributed by atoms with Crippen molar-refractivity contribution < 1.29 is 19.1 Å². The maximum Gasteiger partial charge on any atom is 0.338 e. The highest BCUT2D eigenvalue weighted by Gasteiger charge is 2.14. The van der Waals surface area contributed by atoms with Crippen LogP contribution >= 0.6 is 0 Å². The quantitative estimate of drug-likeness (QED) is 0.175. The fourth-order valence-electron chi connectivity index (χ4n) is 3.86. The van der Waals surface area contributed by atoms with Crippen molar-refractivity contribution in [3.8, 4) is 0 Å². The van der Waals surface area contributed by atoms with Gasteiger partial charge in [0.25, 0.3) is 0 Å². The van der Waals surface area contributed by atoms with Gasteiger partial charge in [-0.1, -0.05) is 72.3 Å². The predicted molar refractivity (Wildman–Crippen MR) is 140 cm³/mol. The van der Waals surface area contributed by atoms with Crippen molar-refractivity contribution in [2.45, 2.75) is 79.1 Å². The minimum atomic E-state index is -0.402. The normalized spacial score (nSPS) is 11.2. The molecule has 0 aliphatic heterocycles. The Morgan fingerprint density at radius 3 is 1.47 bits per heavy atom. The molecule has 0 fully saturated rings. The largest absolute Gasteiger partial charge is 0.461 e. The van der Waals surface area contributed by atoms with Gasteiger partial charge in [0.05, 0.1) is 11.1 Å². The third-order valence-corrected chi connectivity index (χ3v) is 6.17. The summed E-state index contributed by atoms with van der Waals surface area (Å²) in [7, 11) is 0. The Balaban J connectivity index is 2.41. The molecule has 34 heavy (non-hydrogen) atoms. The van der Waals surface area contributed by atoms with Crippen molar-refractivity contribution in [2.75, 3.05) is 52.5 Å². The third kappa shape index (κ3) is 13.1. The lowest BCUT2D eigenvalue weighted by molar-refractivity contribution is 0.0461. The van der Waals surface area contributed by atoms with Crippen molar-refractivity contribution in [2.24, 2.45) is 0 Å². The Bertz CT molecular complexity index is 627. The van der Waals surface area contributed by atoms with Crippen LogP contribution in [0.3, 0.4) is 0 Å². The molecule has 0 bridgehead atoms. The standard InChI is InChI=1S/C28H48N2O4/c1-5-9-11-13-18-29(7-3)20-22-33-27(31)25-16-15-17-26(24-25)28(32)34-23-21-30(8-4)19-14-12-10-6-2/h15-17,24H,5-14,18-23H2,1-4H3. The lowest BCUT2D eigenvalue weighted by atomic mass is 10.1. The first kappa shape index (κ1) is 30.1. The third-order valence-electron chi connectivity index (χ3n) is 6.17. The molecule has 0 saturated carbocycles. The second-order valence-corrected chi connectivity index (χ2v) is 8.84. The number of benzene rings is 1. The fraction of sp³-hybridized carbons (Fsp3) is 0.714. The Labute approximate surface area is 208 Å². The van der Waals surface area contributed by atoms with Crippen LogP contribution in [-0.4, -0.2) is 74.2 Å². The molecule has 0 heterocycles. The molecule has 0 atom stereocenters. The van der Waals surface area contributed by atoms with Crippen molar-refractivity contribution in [1.82, 2.24) is 9.80 Å². The molecule has 0 aliphatic rings. The number of nitrogens with zero attached hydrogens (tertiary/aromatic N) is 2. The van der Waals surface area contributed by atoms with E-state index in [0.29, 0.717) is 24.3 Å². The molecule has 0 spiro atoms. The minimum absolute atomic E-state index is 0.347. The average Bonchev–Trinajstić information content (AvgIpc) is 2.86. The topological polar surface area (TPSA) is 59.1 Å². The highest BCUT2D eigenvalue weighted by molar-refractivity contribution is 5.95. The monoisotopic (exact) mass is 476 g/mol. The van der Waals surface area contributed by atoms with Crippen LogP contribution < -0.4 is 0 Å². The smallest absolute Gasteiger partial charge is 0.338 e. The fourth-order valence-corrected chi connectivity index (χ4v) is 3.86. The van der Waals surface area contributed by atoms with Crippen LogP contribution in [0.1, 0.15) is 99.8 Å². The number of hydrogen-bond donors (Lipinski definition) is 0. The summed E-state index contributed by atoms with van der Waals surface area (Å²) in [5, 5.41) is 0. The van der Waals surface area contributed by atoms with E-state index < -0.39 is 11.9 Å². The summed E-state index contributed by atoms with van der Waals surface area (Å²) in [6, 6.07) is 6.62. The zero-order valence-electron chi connectivity index (χ0n) is 22.2. The number of unbranched alkanes of at least 4 members (excludes halogenated alkanes) is 6. The van der Waals surface area contributed by atoms with Crippen molar-refractivity contribution in [1.29, 1.82) is 0 Å². The molecule has 1 rings (SSSR count). The maximum atomic E-state index is 12.5. The van der Waals surface area contributed by atoms with E-state index in [9.17, 15) is 9.59 Å². The van der Waals surface area contributed by atoms with Crippen LogP contribution in [0.5, 0.6) is 0 Å². The van der Waals surface area contributed by atoms with Crippen LogP contribution in [0.2, 0.25) is 0 Å². The number of carbonyl (C=O) groups excluding carboxylic acids is 2. The first-order chi connectivity index (χ1) is 16.5. The Morgan fingerprint density at radius 1 is 0.647 bits per heavy atom. The van der Waals surface area contributed by atoms with Gasteiger partial charge in [0.15, 0.2) is 0 Å². The predicted octanol–water partition coefficient (Wildman–Crippen LogP) is 5.80. The van der Waals surface area contributed by atoms with Gasteiger partial charge >= 0.3 is 11.9 Å². The van der Waals surface area contributed by atoms with Crippen LogP contribution in [0, 0.1) is 0 Å². The molecule has 194 valence electrons. The highest BCUT2D eigenvalue weighted by Crippen LogP contribution is 2.09. The van der Waals surface area contributed by atoms with Crippen molar-refractivity contribution in [3.05, 3.63) is 35.4 Å². The molecule has 1 aromatic carbocycles. The molecule has 0 saturated heterocycles. The molecule has 0 aromatic heterocycles. The van der Waals surface area contributed by atoms with Gasteiger partial charge in [0.1, 0.15) is 13.2 Å². The molecule has 0 unspecified atom stereocenters. The van der Waals surface area contributed by atoms with E-state index in [1.54, 1.807) is 24.3 Å². The van der Waals surface area contributed by atoms with Gasteiger partial charge in [-0.3, -0.25) is 0 Å².